The molecule has 48 heavy (non-hydrogen) atoms. The molecule has 5 aromatic carbocycles. The highest BCUT2D eigenvalue weighted by molar-refractivity contribution is 6.04. The van der Waals surface area contributed by atoms with Gasteiger partial charge < -0.3 is 0 Å². The minimum absolute atomic E-state index is 0.357. The molecule has 5 heteroatoms. The number of benzene rings is 5. The Balaban J connectivity index is 1.16. The monoisotopic (exact) mass is 619 g/mol. The van der Waals surface area contributed by atoms with Gasteiger partial charge in [0.1, 0.15) is 0 Å². The average molecular weight is 620 g/mol. The highest BCUT2D eigenvalue weighted by Crippen LogP contribution is 2.60. The Kier molecular flexibility index (Phi) is 6.70. The zero-order chi connectivity index (χ0) is 32.2. The lowest BCUT2D eigenvalue weighted by Gasteiger charge is -2.57. The third-order valence-electron chi connectivity index (χ3n) is 11.2. The van der Waals surface area contributed by atoms with Crippen molar-refractivity contribution in [2.24, 2.45) is 17.8 Å². The summed E-state index contributed by atoms with van der Waals surface area (Å²) >= 11 is 0. The van der Waals surface area contributed by atoms with Gasteiger partial charge >= 0.3 is 0 Å². The zero-order valence-corrected chi connectivity index (χ0v) is 26.6. The fraction of sp³-hybridized carbons (Fsp3) is 0.233. The van der Waals surface area contributed by atoms with Crippen molar-refractivity contribution in [2.75, 3.05) is 0 Å². The molecule has 0 radical (unpaired) electrons. The standard InChI is InChI=1S/C43H33N5/c1-45-35-14-10-33(11-15-35)41-46-40(32-5-3-2-4-6-32)47-42(48-41)38-18-17-36(39-22-27(26-44)7-16-37(38)39)31-8-12-34(13-9-31)43-23-28-19-29(24-43)21-30(20-28)25-43/h2-18,22,28-30H,19-21,23-25H2. The number of hydrogen-bond acceptors (Lipinski definition) is 4. The molecule has 5 nitrogen and oxygen atoms in total. The van der Waals surface area contributed by atoms with E-state index in [1.165, 1.54) is 44.1 Å². The van der Waals surface area contributed by atoms with E-state index < -0.39 is 0 Å². The quantitative estimate of drug-likeness (QED) is 0.180. The van der Waals surface area contributed by atoms with Crippen LogP contribution in [0.25, 0.3) is 60.9 Å². The van der Waals surface area contributed by atoms with E-state index in [-0.39, 0.29) is 0 Å². The van der Waals surface area contributed by atoms with E-state index in [9.17, 15) is 5.26 Å². The molecule has 0 saturated heterocycles. The van der Waals surface area contributed by atoms with E-state index in [1.807, 2.05) is 60.7 Å². The number of nitrogens with zero attached hydrogens (tertiary/aromatic N) is 5. The first-order chi connectivity index (χ1) is 23.6. The smallest absolute Gasteiger partial charge is 0.187 e. The Labute approximate surface area is 280 Å². The summed E-state index contributed by atoms with van der Waals surface area (Å²) in [5.41, 5.74) is 7.88. The van der Waals surface area contributed by atoms with Gasteiger partial charge in [-0.25, -0.2) is 19.8 Å². The van der Waals surface area contributed by atoms with Crippen molar-refractivity contribution >= 4 is 16.5 Å². The van der Waals surface area contributed by atoms with Gasteiger partial charge in [-0.2, -0.15) is 5.26 Å². The fourth-order valence-electron chi connectivity index (χ4n) is 9.36. The number of fused-ring (bicyclic) bond motifs is 1. The summed E-state index contributed by atoms with van der Waals surface area (Å²) in [5, 5.41) is 11.9. The highest BCUT2D eigenvalue weighted by Gasteiger charge is 2.51. The van der Waals surface area contributed by atoms with Crippen molar-refractivity contribution in [1.82, 2.24) is 15.0 Å². The first kappa shape index (κ1) is 28.6. The second-order valence-electron chi connectivity index (χ2n) is 14.1. The van der Waals surface area contributed by atoms with Crippen LogP contribution in [0.15, 0.2) is 109 Å². The van der Waals surface area contributed by atoms with Gasteiger partial charge in [0.15, 0.2) is 23.2 Å². The molecule has 0 atom stereocenters. The van der Waals surface area contributed by atoms with Crippen LogP contribution in [0.4, 0.5) is 5.69 Å². The first-order valence-corrected chi connectivity index (χ1v) is 16.9. The maximum absolute atomic E-state index is 9.89. The molecule has 1 heterocycles. The van der Waals surface area contributed by atoms with Gasteiger partial charge in [-0.1, -0.05) is 91.0 Å². The van der Waals surface area contributed by atoms with Crippen LogP contribution in [0.5, 0.6) is 0 Å². The molecule has 0 aliphatic heterocycles. The molecular weight excluding hydrogens is 587 g/mol. The summed E-state index contributed by atoms with van der Waals surface area (Å²) in [4.78, 5) is 18.4. The maximum Gasteiger partial charge on any atom is 0.187 e. The predicted octanol–water partition coefficient (Wildman–Crippen LogP) is 10.6. The lowest BCUT2D eigenvalue weighted by atomic mass is 9.48. The van der Waals surface area contributed by atoms with Crippen molar-refractivity contribution in [3.63, 3.8) is 0 Å². The first-order valence-electron chi connectivity index (χ1n) is 16.9. The van der Waals surface area contributed by atoms with E-state index in [2.05, 4.69) is 47.3 Å². The fourth-order valence-corrected chi connectivity index (χ4v) is 9.36. The molecule has 6 aromatic rings. The molecule has 0 amide bonds. The lowest BCUT2D eigenvalue weighted by Crippen LogP contribution is -2.48. The third kappa shape index (κ3) is 4.86. The molecule has 4 saturated carbocycles. The van der Waals surface area contributed by atoms with Crippen molar-refractivity contribution in [2.45, 2.75) is 43.9 Å². The number of rotatable bonds is 5. The molecule has 0 unspecified atom stereocenters. The van der Waals surface area contributed by atoms with Gasteiger partial charge in [-0.05, 0) is 107 Å². The maximum atomic E-state index is 9.89. The Bertz CT molecular complexity index is 2240. The molecule has 4 bridgehead atoms. The molecule has 10 rings (SSSR count). The number of aromatic nitrogens is 3. The van der Waals surface area contributed by atoms with Crippen LogP contribution < -0.4 is 0 Å². The summed E-state index contributed by atoms with van der Waals surface area (Å²) in [6.07, 6.45) is 8.39. The van der Waals surface area contributed by atoms with Gasteiger partial charge in [-0.3, -0.25) is 0 Å². The SMILES string of the molecule is [C-]#[N+]c1ccc(-c2nc(-c3ccccc3)nc(-c3ccc(-c4ccc(C56CC7CC(CC(C7)C5)C6)cc4)c4cc(C#N)ccc34)n2)cc1. The van der Waals surface area contributed by atoms with Crippen LogP contribution in [-0.4, -0.2) is 15.0 Å². The van der Waals surface area contributed by atoms with E-state index in [0.717, 1.165) is 56.3 Å². The van der Waals surface area contributed by atoms with Crippen molar-refractivity contribution in [3.8, 4) is 51.4 Å². The normalized spacial score (nSPS) is 22.3. The van der Waals surface area contributed by atoms with Crippen LogP contribution in [0.2, 0.25) is 0 Å². The molecular formula is C43H33N5. The van der Waals surface area contributed by atoms with Crippen LogP contribution in [-0.2, 0) is 5.41 Å². The van der Waals surface area contributed by atoms with Gasteiger partial charge in [0.2, 0.25) is 0 Å². The molecule has 4 aliphatic carbocycles. The Morgan fingerprint density at radius 3 is 1.81 bits per heavy atom. The molecule has 4 aliphatic rings. The number of nitriles is 1. The van der Waals surface area contributed by atoms with Crippen LogP contribution >= 0.6 is 0 Å². The van der Waals surface area contributed by atoms with E-state index >= 15 is 0 Å². The molecule has 0 N–H and O–H groups in total. The lowest BCUT2D eigenvalue weighted by molar-refractivity contribution is -0.00518. The summed E-state index contributed by atoms with van der Waals surface area (Å²) in [6, 6.07) is 39.1. The van der Waals surface area contributed by atoms with Crippen LogP contribution in [0.3, 0.4) is 0 Å². The average Bonchev–Trinajstić information content (AvgIpc) is 3.14. The minimum Gasteiger partial charge on any atom is -0.238 e. The summed E-state index contributed by atoms with van der Waals surface area (Å²) in [7, 11) is 0. The summed E-state index contributed by atoms with van der Waals surface area (Å²) in [5.74, 6) is 4.42. The summed E-state index contributed by atoms with van der Waals surface area (Å²) < 4.78 is 0. The van der Waals surface area contributed by atoms with Crippen LogP contribution in [0, 0.1) is 35.7 Å². The van der Waals surface area contributed by atoms with Crippen molar-refractivity contribution < 1.29 is 0 Å². The zero-order valence-electron chi connectivity index (χ0n) is 26.6. The summed E-state index contributed by atoms with van der Waals surface area (Å²) in [6.45, 7) is 7.35. The second kappa shape index (κ2) is 11.3. The third-order valence-corrected chi connectivity index (χ3v) is 11.2. The largest absolute Gasteiger partial charge is 0.238 e. The predicted molar refractivity (Wildman–Crippen MR) is 190 cm³/mol. The minimum atomic E-state index is 0.357. The van der Waals surface area contributed by atoms with Gasteiger partial charge in [0.25, 0.3) is 0 Å². The molecule has 1 aromatic heterocycles. The van der Waals surface area contributed by atoms with E-state index in [0.29, 0.717) is 34.1 Å². The van der Waals surface area contributed by atoms with Crippen molar-refractivity contribution in [3.05, 3.63) is 132 Å². The van der Waals surface area contributed by atoms with Gasteiger partial charge in [0.05, 0.1) is 18.2 Å². The van der Waals surface area contributed by atoms with Gasteiger partial charge in [-0.15, -0.1) is 0 Å². The Morgan fingerprint density at radius 2 is 1.19 bits per heavy atom. The molecule has 4 fully saturated rings. The Hall–Kier alpha value is -5.65. The van der Waals surface area contributed by atoms with Crippen molar-refractivity contribution in [1.29, 1.82) is 5.26 Å². The molecule has 0 spiro atoms. The topological polar surface area (TPSA) is 66.8 Å². The Morgan fingerprint density at radius 1 is 0.604 bits per heavy atom. The molecule has 230 valence electrons. The van der Waals surface area contributed by atoms with Gasteiger partial charge in [0, 0.05) is 16.7 Å². The van der Waals surface area contributed by atoms with E-state index in [4.69, 9.17) is 21.5 Å². The van der Waals surface area contributed by atoms with E-state index in [1.54, 1.807) is 12.1 Å². The number of hydrogen-bond donors (Lipinski definition) is 0. The van der Waals surface area contributed by atoms with Crippen LogP contribution in [0.1, 0.15) is 49.7 Å². The second-order valence-corrected chi connectivity index (χ2v) is 14.1. The highest BCUT2D eigenvalue weighted by atomic mass is 15.0.